The Hall–Kier alpha value is -1.59. The van der Waals surface area contributed by atoms with Crippen LogP contribution >= 0.6 is 27.3 Å². The van der Waals surface area contributed by atoms with E-state index in [1.807, 2.05) is 35.7 Å². The van der Waals surface area contributed by atoms with Crippen molar-refractivity contribution in [3.63, 3.8) is 0 Å². The maximum absolute atomic E-state index is 11.7. The highest BCUT2D eigenvalue weighted by Gasteiger charge is 2.04. The lowest BCUT2D eigenvalue weighted by Crippen LogP contribution is -2.23. The van der Waals surface area contributed by atoms with E-state index in [1.54, 1.807) is 17.4 Å². The minimum absolute atomic E-state index is 0.0857. The van der Waals surface area contributed by atoms with Gasteiger partial charge in [-0.15, -0.1) is 17.9 Å². The maximum atomic E-state index is 11.7. The van der Waals surface area contributed by atoms with Crippen molar-refractivity contribution in [1.29, 1.82) is 0 Å². The molecule has 3 nitrogen and oxygen atoms in total. The van der Waals surface area contributed by atoms with Gasteiger partial charge in [-0.05, 0) is 51.6 Å². The number of carbonyl (C=O) groups is 1. The van der Waals surface area contributed by atoms with Crippen LogP contribution in [0.4, 0.5) is 5.69 Å². The quantitative estimate of drug-likeness (QED) is 0.772. The lowest BCUT2D eigenvalue weighted by molar-refractivity contribution is 0.0958. The molecule has 2 N–H and O–H groups in total. The number of carbonyl (C=O) groups excluding carboxylic acids is 1. The number of anilines is 1. The number of halogens is 1. The number of rotatable bonds is 6. The molecule has 0 aliphatic rings. The topological polar surface area (TPSA) is 41.1 Å². The zero-order chi connectivity index (χ0) is 14.4. The molecule has 2 rings (SSSR count). The van der Waals surface area contributed by atoms with Crippen LogP contribution in [-0.4, -0.2) is 12.5 Å². The fraction of sp³-hybridized carbons (Fsp3) is 0.133. The molecule has 20 heavy (non-hydrogen) atoms. The SMILES string of the molecule is C=CCNC(=O)c1ccc(NCc2sccc2Br)cc1. The van der Waals surface area contributed by atoms with Gasteiger partial charge in [-0.2, -0.15) is 0 Å². The lowest BCUT2D eigenvalue weighted by Gasteiger charge is -2.07. The Balaban J connectivity index is 1.93. The van der Waals surface area contributed by atoms with E-state index in [1.165, 1.54) is 4.88 Å². The monoisotopic (exact) mass is 350 g/mol. The molecule has 1 aromatic carbocycles. The van der Waals surface area contributed by atoms with Crippen LogP contribution in [0.25, 0.3) is 0 Å². The van der Waals surface area contributed by atoms with E-state index < -0.39 is 0 Å². The summed E-state index contributed by atoms with van der Waals surface area (Å²) < 4.78 is 1.12. The van der Waals surface area contributed by atoms with E-state index >= 15 is 0 Å². The summed E-state index contributed by atoms with van der Waals surface area (Å²) in [4.78, 5) is 13.0. The molecule has 0 bridgehead atoms. The number of amides is 1. The van der Waals surface area contributed by atoms with Gasteiger partial charge in [0.15, 0.2) is 0 Å². The molecule has 0 unspecified atom stereocenters. The van der Waals surface area contributed by atoms with Crippen LogP contribution in [0, 0.1) is 0 Å². The maximum Gasteiger partial charge on any atom is 0.251 e. The van der Waals surface area contributed by atoms with Crippen molar-refractivity contribution in [2.45, 2.75) is 6.54 Å². The summed E-state index contributed by atoms with van der Waals surface area (Å²) in [5, 5.41) is 8.13. The molecule has 1 amide bonds. The van der Waals surface area contributed by atoms with E-state index in [-0.39, 0.29) is 5.91 Å². The van der Waals surface area contributed by atoms with E-state index in [9.17, 15) is 4.79 Å². The normalized spacial score (nSPS) is 10.1. The molecular formula is C15H15BrN2OS. The first kappa shape index (κ1) is 14.8. The van der Waals surface area contributed by atoms with E-state index in [0.717, 1.165) is 16.7 Å². The Morgan fingerprint density at radius 2 is 2.05 bits per heavy atom. The van der Waals surface area contributed by atoms with Gasteiger partial charge in [-0.25, -0.2) is 0 Å². The van der Waals surface area contributed by atoms with Crippen LogP contribution < -0.4 is 10.6 Å². The number of hydrogen-bond acceptors (Lipinski definition) is 3. The van der Waals surface area contributed by atoms with Crippen LogP contribution in [0.1, 0.15) is 15.2 Å². The first-order valence-electron chi connectivity index (χ1n) is 6.15. The number of benzene rings is 1. The predicted octanol–water partition coefficient (Wildman–Crippen LogP) is 4.04. The third kappa shape index (κ3) is 3.95. The molecule has 0 atom stereocenters. The van der Waals surface area contributed by atoms with Gasteiger partial charge in [-0.3, -0.25) is 4.79 Å². The number of hydrogen-bond donors (Lipinski definition) is 2. The summed E-state index contributed by atoms with van der Waals surface area (Å²) in [6, 6.07) is 9.47. The second kappa shape index (κ2) is 7.26. The van der Waals surface area contributed by atoms with Crippen LogP contribution in [0.5, 0.6) is 0 Å². The van der Waals surface area contributed by atoms with Crippen molar-refractivity contribution in [1.82, 2.24) is 5.32 Å². The third-order valence-corrected chi connectivity index (χ3v) is 4.62. The van der Waals surface area contributed by atoms with Gasteiger partial charge in [0.05, 0.1) is 6.54 Å². The van der Waals surface area contributed by atoms with E-state index in [2.05, 4.69) is 33.1 Å². The molecule has 0 fully saturated rings. The molecule has 0 aliphatic carbocycles. The minimum atomic E-state index is -0.0857. The zero-order valence-electron chi connectivity index (χ0n) is 10.9. The number of thiophene rings is 1. The largest absolute Gasteiger partial charge is 0.380 e. The lowest BCUT2D eigenvalue weighted by atomic mass is 10.2. The summed E-state index contributed by atoms with van der Waals surface area (Å²) >= 11 is 5.21. The Kier molecular flexibility index (Phi) is 5.38. The Morgan fingerprint density at radius 3 is 2.65 bits per heavy atom. The van der Waals surface area contributed by atoms with Crippen LogP contribution in [0.15, 0.2) is 52.8 Å². The molecule has 0 spiro atoms. The fourth-order valence-corrected chi connectivity index (χ4v) is 3.07. The molecule has 0 aliphatic heterocycles. The van der Waals surface area contributed by atoms with Crippen LogP contribution in [-0.2, 0) is 6.54 Å². The molecular weight excluding hydrogens is 336 g/mol. The van der Waals surface area contributed by atoms with E-state index in [0.29, 0.717) is 12.1 Å². The highest BCUT2D eigenvalue weighted by molar-refractivity contribution is 9.10. The smallest absolute Gasteiger partial charge is 0.251 e. The van der Waals surface area contributed by atoms with Crippen molar-refractivity contribution in [2.75, 3.05) is 11.9 Å². The van der Waals surface area contributed by atoms with Crippen LogP contribution in [0.2, 0.25) is 0 Å². The molecule has 5 heteroatoms. The molecule has 104 valence electrons. The highest BCUT2D eigenvalue weighted by atomic mass is 79.9. The van der Waals surface area contributed by atoms with E-state index in [4.69, 9.17) is 0 Å². The van der Waals surface area contributed by atoms with Crippen LogP contribution in [0.3, 0.4) is 0 Å². The Morgan fingerprint density at radius 1 is 1.30 bits per heavy atom. The van der Waals surface area contributed by atoms with Gasteiger partial charge in [0, 0.05) is 27.1 Å². The first-order chi connectivity index (χ1) is 9.70. The average Bonchev–Trinajstić information content (AvgIpc) is 2.88. The summed E-state index contributed by atoms with van der Waals surface area (Å²) in [6.45, 7) is 4.81. The molecule has 0 saturated carbocycles. The zero-order valence-corrected chi connectivity index (χ0v) is 13.3. The Bertz CT molecular complexity index is 592. The first-order valence-corrected chi connectivity index (χ1v) is 7.83. The van der Waals surface area contributed by atoms with Crippen molar-refractivity contribution < 1.29 is 4.79 Å². The van der Waals surface area contributed by atoms with Gasteiger partial charge in [0.2, 0.25) is 0 Å². The van der Waals surface area contributed by atoms with Crippen molar-refractivity contribution >= 4 is 38.9 Å². The van der Waals surface area contributed by atoms with Gasteiger partial charge in [-0.1, -0.05) is 6.08 Å². The molecule has 0 radical (unpaired) electrons. The minimum Gasteiger partial charge on any atom is -0.380 e. The van der Waals surface area contributed by atoms with Gasteiger partial charge in [0.1, 0.15) is 0 Å². The Labute approximate surface area is 130 Å². The van der Waals surface area contributed by atoms with Crippen molar-refractivity contribution in [3.8, 4) is 0 Å². The van der Waals surface area contributed by atoms with Gasteiger partial charge >= 0.3 is 0 Å². The highest BCUT2D eigenvalue weighted by Crippen LogP contribution is 2.23. The molecule has 1 heterocycles. The second-order valence-electron chi connectivity index (χ2n) is 4.12. The summed E-state index contributed by atoms with van der Waals surface area (Å²) in [6.07, 6.45) is 1.66. The standard InChI is InChI=1S/C15H15BrN2OS/c1-2-8-17-15(19)11-3-5-12(6-4-11)18-10-14-13(16)7-9-20-14/h2-7,9,18H,1,8,10H2,(H,17,19). The second-order valence-corrected chi connectivity index (χ2v) is 5.98. The van der Waals surface area contributed by atoms with Gasteiger partial charge in [0.25, 0.3) is 5.91 Å². The third-order valence-electron chi connectivity index (χ3n) is 2.70. The van der Waals surface area contributed by atoms with Crippen molar-refractivity contribution in [3.05, 3.63) is 63.3 Å². The summed E-state index contributed by atoms with van der Waals surface area (Å²) in [5.41, 5.74) is 1.64. The molecule has 1 aromatic heterocycles. The predicted molar refractivity (Wildman–Crippen MR) is 88.3 cm³/mol. The van der Waals surface area contributed by atoms with Gasteiger partial charge < -0.3 is 10.6 Å². The molecule has 0 saturated heterocycles. The fourth-order valence-electron chi connectivity index (χ4n) is 1.64. The average molecular weight is 351 g/mol. The van der Waals surface area contributed by atoms with Crippen molar-refractivity contribution in [2.24, 2.45) is 0 Å². The summed E-state index contributed by atoms with van der Waals surface area (Å²) in [5.74, 6) is -0.0857. The number of nitrogens with one attached hydrogen (secondary N) is 2. The molecule has 2 aromatic rings. The summed E-state index contributed by atoms with van der Waals surface area (Å²) in [7, 11) is 0.